The van der Waals surface area contributed by atoms with Crippen LogP contribution >= 0.6 is 0 Å². The van der Waals surface area contributed by atoms with Gasteiger partial charge in [0.05, 0.1) is 13.2 Å². The van der Waals surface area contributed by atoms with Crippen molar-refractivity contribution in [2.45, 2.75) is 31.7 Å². The largest absolute Gasteiger partial charge is 0.465 e. The molecule has 1 aliphatic rings. The van der Waals surface area contributed by atoms with Crippen LogP contribution in [0.25, 0.3) is 0 Å². The topological polar surface area (TPSA) is 55.4 Å². The van der Waals surface area contributed by atoms with Crippen molar-refractivity contribution in [1.82, 2.24) is 5.32 Å². The number of fused-ring (bicyclic) bond motifs is 1. The van der Waals surface area contributed by atoms with E-state index in [4.69, 9.17) is 4.74 Å². The van der Waals surface area contributed by atoms with E-state index in [-0.39, 0.29) is 12.5 Å². The molecule has 1 atom stereocenters. The molecule has 0 spiro atoms. The molecule has 4 nitrogen and oxygen atoms in total. The molecule has 0 heterocycles. The zero-order chi connectivity index (χ0) is 13.7. The van der Waals surface area contributed by atoms with Crippen LogP contribution in [0.3, 0.4) is 0 Å². The first-order valence-electron chi connectivity index (χ1n) is 6.67. The van der Waals surface area contributed by atoms with E-state index in [1.807, 2.05) is 24.3 Å². The van der Waals surface area contributed by atoms with Gasteiger partial charge in [-0.25, -0.2) is 0 Å². The van der Waals surface area contributed by atoms with Crippen molar-refractivity contribution in [2.24, 2.45) is 0 Å². The van der Waals surface area contributed by atoms with Gasteiger partial charge < -0.3 is 9.53 Å². The van der Waals surface area contributed by atoms with Crippen molar-refractivity contribution < 1.29 is 14.3 Å². The van der Waals surface area contributed by atoms with Crippen LogP contribution in [-0.2, 0) is 26.3 Å². The molecule has 1 aromatic carbocycles. The molecule has 0 bridgehead atoms. The number of hydrogen-bond donors (Lipinski definition) is 1. The first-order valence-corrected chi connectivity index (χ1v) is 6.67. The van der Waals surface area contributed by atoms with E-state index in [0.29, 0.717) is 13.0 Å². The highest BCUT2D eigenvalue weighted by molar-refractivity contribution is 5.75. The fourth-order valence-electron chi connectivity index (χ4n) is 2.66. The number of nitrogens with one attached hydrogen (secondary N) is 1. The Morgan fingerprint density at radius 1 is 1.47 bits per heavy atom. The normalized spacial score (nSPS) is 21.5. The van der Waals surface area contributed by atoms with Gasteiger partial charge in [0.2, 0.25) is 0 Å². The summed E-state index contributed by atoms with van der Waals surface area (Å²) in [6.07, 6.45) is 3.55. The lowest BCUT2D eigenvalue weighted by Gasteiger charge is -2.35. The first kappa shape index (κ1) is 13.7. The molecule has 19 heavy (non-hydrogen) atoms. The van der Waals surface area contributed by atoms with Crippen LogP contribution in [0.2, 0.25) is 0 Å². The van der Waals surface area contributed by atoms with Gasteiger partial charge in [-0.2, -0.15) is 0 Å². The Bertz CT molecular complexity index is 472. The number of benzene rings is 1. The Kier molecular flexibility index (Phi) is 4.32. The molecule has 0 saturated heterocycles. The van der Waals surface area contributed by atoms with Crippen molar-refractivity contribution in [3.63, 3.8) is 0 Å². The minimum absolute atomic E-state index is 0.0565. The molecule has 0 fully saturated rings. The Balaban J connectivity index is 2.19. The molecule has 4 heteroatoms. The predicted octanol–water partition coefficient (Wildman–Crippen LogP) is 1.57. The monoisotopic (exact) mass is 261 g/mol. The highest BCUT2D eigenvalue weighted by Gasteiger charge is 2.36. The predicted molar refractivity (Wildman–Crippen MR) is 71.8 cm³/mol. The minimum atomic E-state index is -0.748. The number of carbonyl (C=O) groups excluding carboxylic acids is 2. The Morgan fingerprint density at radius 3 is 3.00 bits per heavy atom. The number of carbonyl (C=O) groups is 2. The van der Waals surface area contributed by atoms with Crippen molar-refractivity contribution in [1.29, 1.82) is 0 Å². The van der Waals surface area contributed by atoms with Gasteiger partial charge in [-0.3, -0.25) is 10.1 Å². The highest BCUT2D eigenvalue weighted by Crippen LogP contribution is 2.33. The van der Waals surface area contributed by atoms with Crippen LogP contribution in [0.15, 0.2) is 24.3 Å². The van der Waals surface area contributed by atoms with E-state index in [0.717, 1.165) is 24.7 Å². The molecule has 0 radical (unpaired) electrons. The zero-order valence-electron chi connectivity index (χ0n) is 11.1. The molecular weight excluding hydrogens is 242 g/mol. The van der Waals surface area contributed by atoms with Gasteiger partial charge in [-0.05, 0) is 37.3 Å². The van der Waals surface area contributed by atoms with Gasteiger partial charge in [-0.1, -0.05) is 24.3 Å². The van der Waals surface area contributed by atoms with Gasteiger partial charge in [0.25, 0.3) is 0 Å². The lowest BCUT2D eigenvalue weighted by atomic mass is 9.77. The maximum atomic E-state index is 11.6. The van der Waals surface area contributed by atoms with Crippen LogP contribution in [0, 0.1) is 0 Å². The molecule has 1 aliphatic carbocycles. The maximum Gasteiger partial charge on any atom is 0.319 e. The summed E-state index contributed by atoms with van der Waals surface area (Å²) < 4.78 is 4.89. The van der Waals surface area contributed by atoms with Crippen LogP contribution in [-0.4, -0.2) is 25.4 Å². The summed E-state index contributed by atoms with van der Waals surface area (Å²) in [4.78, 5) is 23.1. The summed E-state index contributed by atoms with van der Waals surface area (Å²) in [5, 5.41) is 3.08. The van der Waals surface area contributed by atoms with E-state index < -0.39 is 5.54 Å². The molecule has 0 aromatic heterocycles. The standard InChI is InChI=1S/C15H19NO3/c1-2-19-14(18)10-16-15(11-17)9-5-7-12-6-3-4-8-13(12)15/h3-4,6,8,11,16H,2,5,7,9-10H2,1H3. The van der Waals surface area contributed by atoms with Gasteiger partial charge >= 0.3 is 5.97 Å². The number of aldehydes is 1. The number of rotatable bonds is 5. The van der Waals surface area contributed by atoms with Gasteiger partial charge in [0, 0.05) is 0 Å². The fourth-order valence-corrected chi connectivity index (χ4v) is 2.66. The van der Waals surface area contributed by atoms with Crippen LogP contribution in [0.1, 0.15) is 30.9 Å². The van der Waals surface area contributed by atoms with Gasteiger partial charge in [0.1, 0.15) is 11.8 Å². The smallest absolute Gasteiger partial charge is 0.319 e. The number of hydrogen-bond acceptors (Lipinski definition) is 4. The molecule has 0 aliphatic heterocycles. The number of aryl methyl sites for hydroxylation is 1. The van der Waals surface area contributed by atoms with E-state index in [1.54, 1.807) is 6.92 Å². The lowest BCUT2D eigenvalue weighted by Crippen LogP contribution is -2.48. The van der Waals surface area contributed by atoms with E-state index >= 15 is 0 Å². The van der Waals surface area contributed by atoms with E-state index in [9.17, 15) is 9.59 Å². The second-order valence-corrected chi connectivity index (χ2v) is 4.76. The third-order valence-corrected chi connectivity index (χ3v) is 3.57. The molecule has 0 saturated carbocycles. The summed E-state index contributed by atoms with van der Waals surface area (Å²) in [5.41, 5.74) is 1.42. The molecule has 2 rings (SSSR count). The fraction of sp³-hybridized carbons (Fsp3) is 0.467. The summed E-state index contributed by atoms with van der Waals surface area (Å²) in [5.74, 6) is -0.327. The van der Waals surface area contributed by atoms with Crippen molar-refractivity contribution in [3.8, 4) is 0 Å². The molecule has 102 valence electrons. The van der Waals surface area contributed by atoms with Crippen LogP contribution in [0.5, 0.6) is 0 Å². The second-order valence-electron chi connectivity index (χ2n) is 4.76. The molecular formula is C15H19NO3. The molecule has 1 N–H and O–H groups in total. The Hall–Kier alpha value is -1.68. The highest BCUT2D eigenvalue weighted by atomic mass is 16.5. The molecule has 1 unspecified atom stereocenters. The molecule has 1 aromatic rings. The Morgan fingerprint density at radius 2 is 2.26 bits per heavy atom. The van der Waals surface area contributed by atoms with Crippen molar-refractivity contribution in [3.05, 3.63) is 35.4 Å². The maximum absolute atomic E-state index is 11.6. The van der Waals surface area contributed by atoms with Crippen molar-refractivity contribution >= 4 is 12.3 Å². The second kappa shape index (κ2) is 5.97. The summed E-state index contributed by atoms with van der Waals surface area (Å²) in [7, 11) is 0. The average molecular weight is 261 g/mol. The van der Waals surface area contributed by atoms with E-state index in [1.165, 1.54) is 5.56 Å². The van der Waals surface area contributed by atoms with Gasteiger partial charge in [0.15, 0.2) is 0 Å². The average Bonchev–Trinajstić information content (AvgIpc) is 2.45. The SMILES string of the molecule is CCOC(=O)CNC1(C=O)CCCc2ccccc21. The van der Waals surface area contributed by atoms with E-state index in [2.05, 4.69) is 5.32 Å². The third-order valence-electron chi connectivity index (χ3n) is 3.57. The molecule has 0 amide bonds. The summed E-state index contributed by atoms with van der Waals surface area (Å²) in [6.45, 7) is 2.18. The number of esters is 1. The van der Waals surface area contributed by atoms with Crippen LogP contribution in [0.4, 0.5) is 0 Å². The van der Waals surface area contributed by atoms with Crippen LogP contribution < -0.4 is 5.32 Å². The summed E-state index contributed by atoms with van der Waals surface area (Å²) in [6, 6.07) is 7.90. The summed E-state index contributed by atoms with van der Waals surface area (Å²) >= 11 is 0. The third kappa shape index (κ3) is 2.84. The quantitative estimate of drug-likeness (QED) is 0.645. The lowest BCUT2D eigenvalue weighted by molar-refractivity contribution is -0.142. The minimum Gasteiger partial charge on any atom is -0.465 e. The van der Waals surface area contributed by atoms with Crippen molar-refractivity contribution in [2.75, 3.05) is 13.2 Å². The zero-order valence-corrected chi connectivity index (χ0v) is 11.1. The number of ether oxygens (including phenoxy) is 1. The first-order chi connectivity index (χ1) is 9.22. The van der Waals surface area contributed by atoms with Gasteiger partial charge in [-0.15, -0.1) is 0 Å². The Labute approximate surface area is 113 Å².